The number of allylic oxidation sites excluding steroid dienone is 8. The Hall–Kier alpha value is -2.83. The average Bonchev–Trinajstić information content (AvgIpc) is 1.49. The lowest BCUT2D eigenvalue weighted by molar-refractivity contribution is -0.127. The SMILES string of the molecule is C=C(CBr)[C@H]1CC[C@H]2[C@@H]3CC(C)=C4C[C@](C)(O)CC[C@@H]4[C@H]3CC[C@]12C.C=C(CBr)[C@H]1CC[C@H]2[C@@H]3CC(F)=C4C[C@](C)(O)CC[C@@H]4[C@H]3CC[C@]12C.C=C(CO)[C@H]1CC[C@H]2[C@@H]3CC(C)=C4C[C@](C)(O)CC[C@@H]4[C@H]3CC[C@]12C.C=C(CO)[C@H]1CC[C@H]2[C@@H]3CC(F)=C4C[C@](C)(O)CC[C@@H]4[C@H]3CC[C@]12C.CC(=O)[C@H]1CC[C@H]2[C@@H]3CC(C)=C4C[C@](C)(O)CC[C@@H]4[C@H]3CC[C@]12C.CC(=O)[C@H]1CC[C@H]2[C@@H]3CC(F)=C4C[C@](C)(O)CC[C@@H]4[C@H]3CC[C@]12C. The van der Waals surface area contributed by atoms with Gasteiger partial charge in [-0.15, -0.1) is 0 Å². The van der Waals surface area contributed by atoms with Gasteiger partial charge >= 0.3 is 0 Å². The minimum Gasteiger partial charge on any atom is -0.392 e. The zero-order chi connectivity index (χ0) is 106. The standard InChI is InChI=1S/C23H35BrO.C23H36O2.C22H32BrFO.C22H33FO2.C22H34O2.C21H31FO2/c2*1-14-11-18-16(17-7-9-22(3,25)12-19(14)17)8-10-23(4)20(15(2)13-24)5-6-21(18)23;1-13(12-23)18-4-5-19-16-10-20(24)17-11-21(2,25)8-6-15(17)14(16)7-9-22(18,19)3;1-13(12-24)18-4-5-19-16-10-20(23)17-11-21(2,25)8-6-15(17)14(16)7-9-22(18,19)3;1-13-11-17-15(16-7-9-21(3,24)12-18(13)16)8-10-22(4)19(14(2)23)5-6-20(17)22;1-12(23)17-4-5-18-15-10-19(22)16-11-20(2,24)8-6-14(16)13(15)7-9-21(17,18)3/h16-18,20-21,25H,2,5-13H2,1,3-4H3;16-18,20-21,24-25H,2,5-13H2,1,3-4H3;14-16,18-19,25H,1,4-12H2,2-3H3;14-16,18-19,24-25H,1,4-12H2,2-3H3;15-17,19-20,24H,5-12H2,1-4H3;13-15,17-18,24H,4-11H2,1-3H3/t2*16-,17-,18-,20-,21+,22-,23-;2*14-,15-,16-,18-,19+,21-,22-;15-,16-,17-,19-,20+,21-,22-;13-,14-,15-,17-,18+,20-,21-/m111111/s1. The molecule has 24 rings (SSSR count). The van der Waals surface area contributed by atoms with Crippen molar-refractivity contribution < 1.29 is 63.6 Å². The number of aliphatic hydroxyl groups is 8. The van der Waals surface area contributed by atoms with Crippen LogP contribution in [0.3, 0.4) is 0 Å². The summed E-state index contributed by atoms with van der Waals surface area (Å²) in [6.45, 7) is 54.2. The number of fused-ring (bicyclic) bond motifs is 30. The smallest absolute Gasteiger partial charge is 0.133 e. The number of hydrogen-bond donors (Lipinski definition) is 8. The zero-order valence-electron chi connectivity index (χ0n) is 95.2. The molecule has 18 fully saturated rings. The maximum absolute atomic E-state index is 15.1. The maximum Gasteiger partial charge on any atom is 0.133 e. The van der Waals surface area contributed by atoms with E-state index in [-0.39, 0.29) is 52.9 Å². The summed E-state index contributed by atoms with van der Waals surface area (Å²) in [7, 11) is 0. The van der Waals surface area contributed by atoms with Crippen LogP contribution in [0.15, 0.2) is 116 Å². The fourth-order valence-corrected chi connectivity index (χ4v) is 45.1. The number of aliphatic hydroxyl groups excluding tert-OH is 2. The normalized spacial score (nSPS) is 49.9. The van der Waals surface area contributed by atoms with E-state index in [0.29, 0.717) is 167 Å². The average molecular weight is 2180 g/mol. The second kappa shape index (κ2) is 42.0. The molecule has 0 aliphatic heterocycles. The molecular formula is C133H201Br2F3O10. The van der Waals surface area contributed by atoms with Crippen LogP contribution in [0.4, 0.5) is 13.2 Å². The summed E-state index contributed by atoms with van der Waals surface area (Å²) in [5.74, 6) is 19.3. The summed E-state index contributed by atoms with van der Waals surface area (Å²) in [6.07, 6.45) is 51.0. The van der Waals surface area contributed by atoms with Gasteiger partial charge in [0.25, 0.3) is 0 Å². The third-order valence-electron chi connectivity index (χ3n) is 51.4. The summed E-state index contributed by atoms with van der Waals surface area (Å²) in [4.78, 5) is 24.3. The number of carbonyl (C=O) groups is 2. The van der Waals surface area contributed by atoms with Gasteiger partial charge in [-0.05, 0) is 591 Å². The number of alkyl halides is 2. The molecule has 148 heavy (non-hydrogen) atoms. The highest BCUT2D eigenvalue weighted by molar-refractivity contribution is 9.09. The molecule has 828 valence electrons. The van der Waals surface area contributed by atoms with Crippen molar-refractivity contribution in [3.8, 4) is 0 Å². The minimum atomic E-state index is -0.730. The Morgan fingerprint density at radius 1 is 0.257 bits per heavy atom. The number of Topliss-reactive ketones (excluding diaryl/α,β-unsaturated/α-hetero) is 2. The summed E-state index contributed by atoms with van der Waals surface area (Å²) in [5.41, 5.74) is 15.3. The van der Waals surface area contributed by atoms with E-state index in [1.807, 2.05) is 48.5 Å². The third kappa shape index (κ3) is 20.3. The van der Waals surface area contributed by atoms with E-state index in [9.17, 15) is 54.8 Å². The Bertz CT molecular complexity index is 4710. The molecule has 24 aliphatic rings. The van der Waals surface area contributed by atoms with Crippen molar-refractivity contribution in [3.05, 3.63) is 116 Å². The van der Waals surface area contributed by atoms with Crippen LogP contribution in [-0.4, -0.2) is 110 Å². The van der Waals surface area contributed by atoms with E-state index in [1.54, 1.807) is 40.4 Å². The van der Waals surface area contributed by atoms with E-state index in [2.05, 4.69) is 120 Å². The van der Waals surface area contributed by atoms with Gasteiger partial charge in [-0.25, -0.2) is 13.2 Å². The fourth-order valence-electron chi connectivity index (χ4n) is 44.3. The van der Waals surface area contributed by atoms with Crippen molar-refractivity contribution in [2.75, 3.05) is 23.9 Å². The molecule has 0 aromatic carbocycles. The van der Waals surface area contributed by atoms with Gasteiger partial charge in [0.05, 0.1) is 64.3 Å². The predicted octanol–water partition coefficient (Wildman–Crippen LogP) is 31.8. The first-order valence-electron chi connectivity index (χ1n) is 61.1. The Morgan fingerprint density at radius 2 is 0.432 bits per heavy atom. The molecule has 0 aromatic heterocycles. The van der Waals surface area contributed by atoms with E-state index < -0.39 is 33.6 Å². The highest BCUT2D eigenvalue weighted by atomic mass is 79.9. The van der Waals surface area contributed by atoms with Gasteiger partial charge in [0.15, 0.2) is 0 Å². The summed E-state index contributed by atoms with van der Waals surface area (Å²) >= 11 is 7.28. The molecule has 24 aliphatic carbocycles. The van der Waals surface area contributed by atoms with Crippen molar-refractivity contribution in [1.82, 2.24) is 0 Å². The van der Waals surface area contributed by atoms with Gasteiger partial charge in [0.1, 0.15) is 11.6 Å². The summed E-state index contributed by atoms with van der Waals surface area (Å²) in [5, 5.41) is 84.0. The van der Waals surface area contributed by atoms with Crippen molar-refractivity contribution in [2.45, 2.75) is 460 Å². The fraction of sp³-hybridized carbons (Fsp3) is 0.835. The lowest BCUT2D eigenvalue weighted by Gasteiger charge is -2.55. The summed E-state index contributed by atoms with van der Waals surface area (Å²) < 4.78 is 45.1. The first-order chi connectivity index (χ1) is 69.5. The number of halogens is 5. The number of ketones is 2. The van der Waals surface area contributed by atoms with Gasteiger partial charge in [-0.3, -0.25) is 9.59 Å². The molecule has 0 bridgehead atoms. The first kappa shape index (κ1) is 113. The highest BCUT2D eigenvalue weighted by Crippen LogP contribution is 2.74. The molecule has 0 spiro atoms. The monoisotopic (exact) mass is 2170 g/mol. The molecule has 0 amide bonds. The van der Waals surface area contributed by atoms with Crippen molar-refractivity contribution in [2.24, 2.45) is 210 Å². The van der Waals surface area contributed by atoms with Crippen molar-refractivity contribution >= 4 is 43.4 Å². The van der Waals surface area contributed by atoms with Crippen LogP contribution in [-0.2, 0) is 9.59 Å². The maximum atomic E-state index is 15.1. The number of carbonyl (C=O) groups excluding carboxylic acids is 2. The Labute approximate surface area is 910 Å². The molecule has 18 saturated carbocycles. The van der Waals surface area contributed by atoms with E-state index in [1.165, 1.54) is 152 Å². The van der Waals surface area contributed by atoms with Crippen LogP contribution in [0.5, 0.6) is 0 Å². The Balaban J connectivity index is 0.000000112. The van der Waals surface area contributed by atoms with Gasteiger partial charge in [0, 0.05) is 41.8 Å². The minimum absolute atomic E-state index is 0.0664. The Kier molecular flexibility index (Phi) is 32.2. The largest absolute Gasteiger partial charge is 0.392 e. The summed E-state index contributed by atoms with van der Waals surface area (Å²) in [6, 6.07) is 0. The van der Waals surface area contributed by atoms with Gasteiger partial charge in [-0.2, -0.15) is 0 Å². The van der Waals surface area contributed by atoms with Crippen molar-refractivity contribution in [3.63, 3.8) is 0 Å². The van der Waals surface area contributed by atoms with Crippen LogP contribution in [0, 0.1) is 210 Å². The van der Waals surface area contributed by atoms with Crippen LogP contribution in [0.1, 0.15) is 426 Å². The number of rotatable bonds is 10. The predicted molar refractivity (Wildman–Crippen MR) is 601 cm³/mol. The lowest BCUT2D eigenvalue weighted by Crippen LogP contribution is -2.48. The van der Waals surface area contributed by atoms with Gasteiger partial charge in [0.2, 0.25) is 0 Å². The molecule has 0 saturated heterocycles. The molecule has 42 atom stereocenters. The van der Waals surface area contributed by atoms with Crippen LogP contribution < -0.4 is 0 Å². The number of hydrogen-bond acceptors (Lipinski definition) is 10. The lowest BCUT2D eigenvalue weighted by atomic mass is 9.50. The molecule has 0 unspecified atom stereocenters. The van der Waals surface area contributed by atoms with Crippen molar-refractivity contribution in [1.29, 1.82) is 0 Å². The molecule has 0 aromatic rings. The topological polar surface area (TPSA) is 196 Å². The van der Waals surface area contributed by atoms with E-state index in [0.717, 1.165) is 238 Å². The molecule has 0 radical (unpaired) electrons. The first-order valence-corrected chi connectivity index (χ1v) is 63.3. The molecule has 10 nitrogen and oxygen atoms in total. The second-order valence-electron chi connectivity index (χ2n) is 59.9. The zero-order valence-corrected chi connectivity index (χ0v) is 98.4. The highest BCUT2D eigenvalue weighted by Gasteiger charge is 2.67. The van der Waals surface area contributed by atoms with Crippen LogP contribution >= 0.6 is 31.9 Å². The van der Waals surface area contributed by atoms with Crippen LogP contribution in [0.2, 0.25) is 0 Å². The quantitative estimate of drug-likeness (QED) is 0.0770. The molecule has 8 N–H and O–H groups in total. The molecular weight excluding hydrogens is 1970 g/mol. The van der Waals surface area contributed by atoms with Crippen LogP contribution in [0.25, 0.3) is 0 Å². The molecule has 15 heteroatoms. The Morgan fingerprint density at radius 3 is 0.628 bits per heavy atom. The molecule has 0 heterocycles. The van der Waals surface area contributed by atoms with Gasteiger partial charge < -0.3 is 40.9 Å². The van der Waals surface area contributed by atoms with Gasteiger partial charge in [-0.1, -0.05) is 144 Å². The van der Waals surface area contributed by atoms with E-state index >= 15 is 8.78 Å². The van der Waals surface area contributed by atoms with E-state index in [4.69, 9.17) is 0 Å². The second-order valence-corrected chi connectivity index (χ2v) is 61.1. The third-order valence-corrected chi connectivity index (χ3v) is 52.8.